The van der Waals surface area contributed by atoms with Crippen LogP contribution in [0.1, 0.15) is 16.1 Å². The average molecular weight is 251 g/mol. The van der Waals surface area contributed by atoms with Crippen molar-refractivity contribution < 1.29 is 9.53 Å². The largest absolute Gasteiger partial charge is 0.495 e. The van der Waals surface area contributed by atoms with Gasteiger partial charge >= 0.3 is 0 Å². The maximum atomic E-state index is 12.1. The van der Waals surface area contributed by atoms with Gasteiger partial charge < -0.3 is 4.74 Å². The fourth-order valence-electron chi connectivity index (χ4n) is 1.55. The average Bonchev–Trinajstić information content (AvgIpc) is 2.75. The normalized spacial score (nSPS) is 10.3. The minimum absolute atomic E-state index is 0.111. The lowest BCUT2D eigenvalue weighted by Crippen LogP contribution is -2.08. The number of hydrogen-bond acceptors (Lipinski definition) is 3. The Morgan fingerprint density at radius 3 is 2.76 bits per heavy atom. The predicted molar refractivity (Wildman–Crippen MR) is 64.6 cm³/mol. The Kier molecular flexibility index (Phi) is 3.15. The minimum atomic E-state index is -0.111. The molecule has 88 valence electrons. The van der Waals surface area contributed by atoms with Crippen molar-refractivity contribution in [3.63, 3.8) is 0 Å². The number of halogens is 1. The summed E-state index contributed by atoms with van der Waals surface area (Å²) in [6.07, 6.45) is 1.58. The highest BCUT2D eigenvalue weighted by Gasteiger charge is 2.14. The topological polar surface area (TPSA) is 44.1 Å². The molecule has 0 amide bonds. The smallest absolute Gasteiger partial charge is 0.211 e. The highest BCUT2D eigenvalue weighted by Crippen LogP contribution is 2.26. The van der Waals surface area contributed by atoms with Crippen molar-refractivity contribution in [2.45, 2.75) is 0 Å². The molecule has 0 saturated carbocycles. The SMILES string of the molecule is COc1cc(C(=O)c2ccnn2C)ccc1Cl. The summed E-state index contributed by atoms with van der Waals surface area (Å²) in [4.78, 5) is 12.1. The van der Waals surface area contributed by atoms with E-state index in [9.17, 15) is 4.79 Å². The lowest BCUT2D eigenvalue weighted by Gasteiger charge is -2.06. The summed E-state index contributed by atoms with van der Waals surface area (Å²) in [5, 5.41) is 4.44. The Hall–Kier alpha value is -1.81. The number of aromatic nitrogens is 2. The van der Waals surface area contributed by atoms with Crippen molar-refractivity contribution >= 4 is 17.4 Å². The zero-order valence-corrected chi connectivity index (χ0v) is 10.2. The van der Waals surface area contributed by atoms with Crippen LogP contribution in [0.3, 0.4) is 0 Å². The summed E-state index contributed by atoms with van der Waals surface area (Å²) in [6.45, 7) is 0. The van der Waals surface area contributed by atoms with Crippen LogP contribution in [0, 0.1) is 0 Å². The molecule has 0 aliphatic heterocycles. The molecule has 1 aromatic carbocycles. The van der Waals surface area contributed by atoms with Gasteiger partial charge in [-0.3, -0.25) is 9.48 Å². The van der Waals surface area contributed by atoms with Crippen molar-refractivity contribution in [1.29, 1.82) is 0 Å². The molecule has 0 atom stereocenters. The zero-order chi connectivity index (χ0) is 12.4. The number of benzene rings is 1. The molecule has 0 spiro atoms. The van der Waals surface area contributed by atoms with Gasteiger partial charge in [0.25, 0.3) is 0 Å². The van der Waals surface area contributed by atoms with Gasteiger partial charge in [-0.05, 0) is 24.3 Å². The van der Waals surface area contributed by atoms with Gasteiger partial charge in [0, 0.05) is 18.8 Å². The van der Waals surface area contributed by atoms with Crippen molar-refractivity contribution in [3.05, 3.63) is 46.7 Å². The lowest BCUT2D eigenvalue weighted by molar-refractivity contribution is 0.103. The molecular formula is C12H11ClN2O2. The number of methoxy groups -OCH3 is 1. The fourth-order valence-corrected chi connectivity index (χ4v) is 1.74. The van der Waals surface area contributed by atoms with Crippen LogP contribution in [-0.4, -0.2) is 22.7 Å². The summed E-state index contributed by atoms with van der Waals surface area (Å²) in [6, 6.07) is 6.60. The first kappa shape index (κ1) is 11.7. The first-order valence-electron chi connectivity index (χ1n) is 4.99. The number of aryl methyl sites for hydroxylation is 1. The van der Waals surface area contributed by atoms with E-state index >= 15 is 0 Å². The van der Waals surface area contributed by atoms with Crippen molar-refractivity contribution in [1.82, 2.24) is 9.78 Å². The van der Waals surface area contributed by atoms with E-state index in [2.05, 4.69) is 5.10 Å². The Morgan fingerprint density at radius 2 is 2.18 bits per heavy atom. The quantitative estimate of drug-likeness (QED) is 0.786. The highest BCUT2D eigenvalue weighted by molar-refractivity contribution is 6.32. The maximum Gasteiger partial charge on any atom is 0.211 e. The third-order valence-electron chi connectivity index (χ3n) is 2.47. The van der Waals surface area contributed by atoms with E-state index in [1.165, 1.54) is 11.8 Å². The standard InChI is InChI=1S/C12H11ClN2O2/c1-15-10(5-6-14-15)12(16)8-3-4-9(13)11(7-8)17-2/h3-7H,1-2H3. The molecule has 0 fully saturated rings. The van der Waals surface area contributed by atoms with Crippen molar-refractivity contribution in [2.75, 3.05) is 7.11 Å². The van der Waals surface area contributed by atoms with E-state index in [0.717, 1.165) is 0 Å². The first-order valence-corrected chi connectivity index (χ1v) is 5.37. The molecule has 0 saturated heterocycles. The van der Waals surface area contributed by atoms with Crippen LogP contribution in [0.4, 0.5) is 0 Å². The second kappa shape index (κ2) is 4.59. The molecule has 1 aromatic heterocycles. The van der Waals surface area contributed by atoms with Gasteiger partial charge in [0.1, 0.15) is 11.4 Å². The molecular weight excluding hydrogens is 240 g/mol. The molecule has 5 heteroatoms. The van der Waals surface area contributed by atoms with Crippen LogP contribution < -0.4 is 4.74 Å². The number of rotatable bonds is 3. The highest BCUT2D eigenvalue weighted by atomic mass is 35.5. The van der Waals surface area contributed by atoms with Crippen molar-refractivity contribution in [3.8, 4) is 5.75 Å². The predicted octanol–water partition coefficient (Wildman–Crippen LogP) is 2.31. The van der Waals surface area contributed by atoms with Crippen LogP contribution >= 0.6 is 11.6 Å². The molecule has 0 unspecified atom stereocenters. The van der Waals surface area contributed by atoms with Gasteiger partial charge in [-0.15, -0.1) is 0 Å². The number of ketones is 1. The molecule has 0 aliphatic carbocycles. The number of ether oxygens (including phenoxy) is 1. The number of carbonyl (C=O) groups is 1. The third-order valence-corrected chi connectivity index (χ3v) is 2.78. The molecule has 17 heavy (non-hydrogen) atoms. The van der Waals surface area contributed by atoms with Crippen molar-refractivity contribution in [2.24, 2.45) is 7.05 Å². The summed E-state index contributed by atoms with van der Waals surface area (Å²) in [7, 11) is 3.24. The zero-order valence-electron chi connectivity index (χ0n) is 9.48. The molecule has 0 aliphatic rings. The molecule has 4 nitrogen and oxygen atoms in total. The van der Waals surface area contributed by atoms with Crippen LogP contribution in [-0.2, 0) is 7.05 Å². The van der Waals surface area contributed by atoms with Crippen LogP contribution in [0.2, 0.25) is 5.02 Å². The van der Waals surface area contributed by atoms with Gasteiger partial charge in [-0.25, -0.2) is 0 Å². The summed E-state index contributed by atoms with van der Waals surface area (Å²) < 4.78 is 6.61. The van der Waals surface area contributed by atoms with Gasteiger partial charge in [0.05, 0.1) is 12.1 Å². The Morgan fingerprint density at radius 1 is 1.41 bits per heavy atom. The summed E-state index contributed by atoms with van der Waals surface area (Å²) in [5.74, 6) is 0.375. The summed E-state index contributed by atoms with van der Waals surface area (Å²) in [5.41, 5.74) is 1.05. The van der Waals surface area contributed by atoms with Crippen LogP contribution in [0.5, 0.6) is 5.75 Å². The van der Waals surface area contributed by atoms with Crippen LogP contribution in [0.15, 0.2) is 30.5 Å². The van der Waals surface area contributed by atoms with E-state index in [-0.39, 0.29) is 5.78 Å². The summed E-state index contributed by atoms with van der Waals surface area (Å²) >= 11 is 5.90. The van der Waals surface area contributed by atoms with Crippen LogP contribution in [0.25, 0.3) is 0 Å². The van der Waals surface area contributed by atoms with E-state index in [0.29, 0.717) is 22.0 Å². The Balaban J connectivity index is 2.41. The van der Waals surface area contributed by atoms with E-state index in [1.54, 1.807) is 37.5 Å². The second-order valence-corrected chi connectivity index (χ2v) is 3.93. The number of nitrogens with zero attached hydrogens (tertiary/aromatic N) is 2. The van der Waals surface area contributed by atoms with Gasteiger partial charge in [-0.1, -0.05) is 11.6 Å². The lowest BCUT2D eigenvalue weighted by atomic mass is 10.1. The fraction of sp³-hybridized carbons (Fsp3) is 0.167. The monoisotopic (exact) mass is 250 g/mol. The van der Waals surface area contributed by atoms with Gasteiger partial charge in [0.15, 0.2) is 0 Å². The van der Waals surface area contributed by atoms with Gasteiger partial charge in [-0.2, -0.15) is 5.10 Å². The van der Waals surface area contributed by atoms with Gasteiger partial charge in [0.2, 0.25) is 5.78 Å². The maximum absolute atomic E-state index is 12.1. The van der Waals surface area contributed by atoms with E-state index < -0.39 is 0 Å². The third kappa shape index (κ3) is 2.17. The molecule has 2 aromatic rings. The molecule has 0 radical (unpaired) electrons. The van der Waals surface area contributed by atoms with E-state index in [1.807, 2.05) is 0 Å². The Bertz CT molecular complexity index is 563. The Labute approximate surface area is 104 Å². The van der Waals surface area contributed by atoms with E-state index in [4.69, 9.17) is 16.3 Å². The molecule has 0 bridgehead atoms. The molecule has 0 N–H and O–H groups in total. The number of hydrogen-bond donors (Lipinski definition) is 0. The minimum Gasteiger partial charge on any atom is -0.495 e. The second-order valence-electron chi connectivity index (χ2n) is 3.52. The molecule has 2 rings (SSSR count). The first-order chi connectivity index (χ1) is 8.13. The number of carbonyl (C=O) groups excluding carboxylic acids is 1. The molecule has 1 heterocycles.